The molecular formula is C12H15N3O3. The molecule has 6 nitrogen and oxygen atoms in total. The first-order valence-electron chi connectivity index (χ1n) is 5.71. The SMILES string of the molecule is NC(=O)CONC1CCc2ccccc2NC1=O. The first-order chi connectivity index (χ1) is 8.66. The van der Waals surface area contributed by atoms with Gasteiger partial charge in [-0.3, -0.25) is 14.4 Å². The minimum Gasteiger partial charge on any atom is -0.368 e. The quantitative estimate of drug-likeness (QED) is 0.652. The van der Waals surface area contributed by atoms with E-state index in [0.29, 0.717) is 6.42 Å². The van der Waals surface area contributed by atoms with Gasteiger partial charge in [0.2, 0.25) is 11.8 Å². The van der Waals surface area contributed by atoms with Crippen molar-refractivity contribution < 1.29 is 14.4 Å². The van der Waals surface area contributed by atoms with E-state index in [4.69, 9.17) is 10.6 Å². The Hall–Kier alpha value is -1.92. The molecular weight excluding hydrogens is 234 g/mol. The minimum atomic E-state index is -0.584. The predicted octanol–water partition coefficient (Wildman–Crippen LogP) is -0.0536. The number of nitrogens with two attached hydrogens (primary N) is 1. The van der Waals surface area contributed by atoms with Crippen molar-refractivity contribution in [1.82, 2.24) is 5.48 Å². The third kappa shape index (κ3) is 3.06. The highest BCUT2D eigenvalue weighted by molar-refractivity contribution is 5.96. The van der Waals surface area contributed by atoms with Gasteiger partial charge in [-0.1, -0.05) is 18.2 Å². The molecule has 0 saturated carbocycles. The van der Waals surface area contributed by atoms with E-state index in [1.54, 1.807) is 0 Å². The zero-order valence-corrected chi connectivity index (χ0v) is 9.81. The molecule has 1 aliphatic rings. The van der Waals surface area contributed by atoms with Gasteiger partial charge in [-0.2, -0.15) is 5.48 Å². The highest BCUT2D eigenvalue weighted by atomic mass is 16.6. The van der Waals surface area contributed by atoms with Gasteiger partial charge in [0.15, 0.2) is 0 Å². The second-order valence-corrected chi connectivity index (χ2v) is 4.11. The minimum absolute atomic E-state index is 0.176. The van der Waals surface area contributed by atoms with E-state index < -0.39 is 11.9 Å². The average molecular weight is 249 g/mol. The summed E-state index contributed by atoms with van der Waals surface area (Å²) < 4.78 is 0. The lowest BCUT2D eigenvalue weighted by molar-refractivity contribution is -0.130. The first-order valence-corrected chi connectivity index (χ1v) is 5.71. The second-order valence-electron chi connectivity index (χ2n) is 4.11. The topological polar surface area (TPSA) is 93.5 Å². The second kappa shape index (κ2) is 5.61. The molecule has 0 aromatic heterocycles. The van der Waals surface area contributed by atoms with Gasteiger partial charge in [-0.05, 0) is 24.5 Å². The number of hydrogen-bond acceptors (Lipinski definition) is 4. The summed E-state index contributed by atoms with van der Waals surface area (Å²) in [4.78, 5) is 27.3. The van der Waals surface area contributed by atoms with Crippen LogP contribution in [0.3, 0.4) is 0 Å². The lowest BCUT2D eigenvalue weighted by Gasteiger charge is -2.14. The number of primary amides is 1. The Morgan fingerprint density at radius 1 is 1.50 bits per heavy atom. The molecule has 18 heavy (non-hydrogen) atoms. The number of fused-ring (bicyclic) bond motifs is 1. The highest BCUT2D eigenvalue weighted by Gasteiger charge is 2.23. The Labute approximate surface area is 104 Å². The number of para-hydroxylation sites is 1. The van der Waals surface area contributed by atoms with E-state index in [1.807, 2.05) is 24.3 Å². The number of hydroxylamine groups is 1. The molecule has 2 amide bonds. The molecule has 1 aromatic carbocycles. The summed E-state index contributed by atoms with van der Waals surface area (Å²) in [5.74, 6) is -0.760. The van der Waals surface area contributed by atoms with Gasteiger partial charge in [-0.15, -0.1) is 0 Å². The number of rotatable bonds is 4. The molecule has 96 valence electrons. The first kappa shape index (κ1) is 12.5. The zero-order valence-electron chi connectivity index (χ0n) is 9.81. The molecule has 0 radical (unpaired) electrons. The van der Waals surface area contributed by atoms with Crippen molar-refractivity contribution in [3.63, 3.8) is 0 Å². The normalized spacial score (nSPS) is 18.7. The van der Waals surface area contributed by atoms with Crippen LogP contribution in [0.1, 0.15) is 12.0 Å². The summed E-state index contributed by atoms with van der Waals surface area (Å²) in [6, 6.07) is 7.15. The van der Waals surface area contributed by atoms with Crippen molar-refractivity contribution in [3.05, 3.63) is 29.8 Å². The maximum Gasteiger partial charge on any atom is 0.245 e. The maximum atomic E-state index is 11.9. The van der Waals surface area contributed by atoms with E-state index in [-0.39, 0.29) is 12.5 Å². The summed E-state index contributed by atoms with van der Waals surface area (Å²) in [5.41, 5.74) is 9.41. The Balaban J connectivity index is 1.97. The highest BCUT2D eigenvalue weighted by Crippen LogP contribution is 2.21. The molecule has 0 saturated heterocycles. The molecule has 1 heterocycles. The van der Waals surface area contributed by atoms with Crippen LogP contribution in [0, 0.1) is 0 Å². The predicted molar refractivity (Wildman–Crippen MR) is 65.5 cm³/mol. The van der Waals surface area contributed by atoms with Crippen molar-refractivity contribution in [2.75, 3.05) is 11.9 Å². The Morgan fingerprint density at radius 2 is 2.28 bits per heavy atom. The van der Waals surface area contributed by atoms with Gasteiger partial charge >= 0.3 is 0 Å². The Morgan fingerprint density at radius 3 is 3.06 bits per heavy atom. The van der Waals surface area contributed by atoms with Gasteiger partial charge < -0.3 is 11.1 Å². The summed E-state index contributed by atoms with van der Waals surface area (Å²) >= 11 is 0. The molecule has 1 unspecified atom stereocenters. The fraction of sp³-hybridized carbons (Fsp3) is 0.333. The van der Waals surface area contributed by atoms with Crippen LogP contribution in [-0.4, -0.2) is 24.5 Å². The van der Waals surface area contributed by atoms with Crippen molar-refractivity contribution >= 4 is 17.5 Å². The number of amides is 2. The van der Waals surface area contributed by atoms with Crippen molar-refractivity contribution in [1.29, 1.82) is 0 Å². The summed E-state index contributed by atoms with van der Waals surface area (Å²) in [7, 11) is 0. The zero-order chi connectivity index (χ0) is 13.0. The fourth-order valence-electron chi connectivity index (χ4n) is 1.84. The molecule has 0 aliphatic carbocycles. The van der Waals surface area contributed by atoms with Crippen LogP contribution in [0.25, 0.3) is 0 Å². The van der Waals surface area contributed by atoms with Crippen LogP contribution in [-0.2, 0) is 20.8 Å². The van der Waals surface area contributed by atoms with E-state index in [2.05, 4.69) is 10.8 Å². The molecule has 6 heteroatoms. The smallest absolute Gasteiger partial charge is 0.245 e. The molecule has 2 rings (SSSR count). The van der Waals surface area contributed by atoms with Crippen LogP contribution in [0.2, 0.25) is 0 Å². The van der Waals surface area contributed by atoms with Crippen LogP contribution in [0.4, 0.5) is 5.69 Å². The van der Waals surface area contributed by atoms with Crippen molar-refractivity contribution in [2.45, 2.75) is 18.9 Å². The van der Waals surface area contributed by atoms with Crippen LogP contribution < -0.4 is 16.5 Å². The van der Waals surface area contributed by atoms with Crippen LogP contribution in [0.5, 0.6) is 0 Å². The lowest BCUT2D eigenvalue weighted by atomic mass is 10.1. The Kier molecular flexibility index (Phi) is 3.91. The third-order valence-corrected chi connectivity index (χ3v) is 2.73. The van der Waals surface area contributed by atoms with Crippen LogP contribution in [0.15, 0.2) is 24.3 Å². The summed E-state index contributed by atoms with van der Waals surface area (Å²) in [6.07, 6.45) is 1.36. The molecule has 0 bridgehead atoms. The van der Waals surface area contributed by atoms with Gasteiger partial charge in [0.1, 0.15) is 12.6 Å². The van der Waals surface area contributed by atoms with E-state index in [1.165, 1.54) is 0 Å². The number of carbonyl (C=O) groups excluding carboxylic acids is 2. The molecule has 1 aromatic rings. The number of hydrogen-bond donors (Lipinski definition) is 3. The number of benzene rings is 1. The van der Waals surface area contributed by atoms with Crippen LogP contribution >= 0.6 is 0 Å². The number of anilines is 1. The molecule has 0 fully saturated rings. The maximum absolute atomic E-state index is 11.9. The lowest BCUT2D eigenvalue weighted by Crippen LogP contribution is -2.41. The number of aryl methyl sites for hydroxylation is 1. The van der Waals surface area contributed by atoms with Crippen molar-refractivity contribution in [3.8, 4) is 0 Å². The van der Waals surface area contributed by atoms with E-state index >= 15 is 0 Å². The monoisotopic (exact) mass is 249 g/mol. The van der Waals surface area contributed by atoms with Gasteiger partial charge in [-0.25, -0.2) is 0 Å². The molecule has 1 aliphatic heterocycles. The number of carbonyl (C=O) groups is 2. The fourth-order valence-corrected chi connectivity index (χ4v) is 1.84. The summed E-state index contributed by atoms with van der Waals surface area (Å²) in [6.45, 7) is -0.253. The van der Waals surface area contributed by atoms with E-state index in [0.717, 1.165) is 17.7 Å². The van der Waals surface area contributed by atoms with Gasteiger partial charge in [0, 0.05) is 5.69 Å². The standard InChI is InChI=1S/C12H15N3O3/c13-11(16)7-18-15-10-6-5-8-3-1-2-4-9(8)14-12(10)17/h1-4,10,15H,5-7H2,(H2,13,16)(H,14,17). The molecule has 4 N–H and O–H groups in total. The Bertz CT molecular complexity index is 462. The van der Waals surface area contributed by atoms with Crippen molar-refractivity contribution in [2.24, 2.45) is 5.73 Å². The molecule has 0 spiro atoms. The summed E-state index contributed by atoms with van der Waals surface area (Å²) in [5, 5.41) is 2.81. The van der Waals surface area contributed by atoms with E-state index in [9.17, 15) is 9.59 Å². The average Bonchev–Trinajstić information content (AvgIpc) is 2.49. The molecule has 1 atom stereocenters. The number of nitrogens with one attached hydrogen (secondary N) is 2. The van der Waals surface area contributed by atoms with Gasteiger partial charge in [0.25, 0.3) is 0 Å². The van der Waals surface area contributed by atoms with Gasteiger partial charge in [0.05, 0.1) is 0 Å². The third-order valence-electron chi connectivity index (χ3n) is 2.73. The largest absolute Gasteiger partial charge is 0.368 e.